The van der Waals surface area contributed by atoms with Crippen LogP contribution < -0.4 is 15.4 Å². The Kier molecular flexibility index (Phi) is 7.04. The summed E-state index contributed by atoms with van der Waals surface area (Å²) >= 11 is 0. The van der Waals surface area contributed by atoms with Crippen LogP contribution >= 0.6 is 0 Å². The van der Waals surface area contributed by atoms with Crippen molar-refractivity contribution in [1.29, 1.82) is 0 Å². The maximum absolute atomic E-state index is 12.2. The summed E-state index contributed by atoms with van der Waals surface area (Å²) in [5, 5.41) is 12.7. The Hall–Kier alpha value is -3.10. The van der Waals surface area contributed by atoms with Crippen molar-refractivity contribution in [3.63, 3.8) is 0 Å². The number of carbonyl (C=O) groups is 2. The Balaban J connectivity index is 1.47. The lowest BCUT2D eigenvalue weighted by Gasteiger charge is -2.12. The molecule has 0 saturated heterocycles. The molecule has 0 aliphatic heterocycles. The lowest BCUT2D eigenvalue weighted by atomic mass is 10.0. The summed E-state index contributed by atoms with van der Waals surface area (Å²) in [5.41, 5.74) is 1.58. The number of aromatic nitrogens is 3. The largest absolute Gasteiger partial charge is 0.495 e. The Labute approximate surface area is 169 Å². The molecular formula is C20H27N5O4. The molecule has 3 rings (SSSR count). The van der Waals surface area contributed by atoms with Crippen molar-refractivity contribution >= 4 is 17.8 Å². The van der Waals surface area contributed by atoms with Gasteiger partial charge >= 0.3 is 6.09 Å². The van der Waals surface area contributed by atoms with E-state index in [4.69, 9.17) is 9.47 Å². The van der Waals surface area contributed by atoms with E-state index in [1.165, 1.54) is 0 Å². The maximum Gasteiger partial charge on any atom is 0.407 e. The fourth-order valence-corrected chi connectivity index (χ4v) is 3.35. The Bertz CT molecular complexity index is 821. The molecular weight excluding hydrogens is 374 g/mol. The summed E-state index contributed by atoms with van der Waals surface area (Å²) in [7, 11) is 1.57. The predicted octanol–water partition coefficient (Wildman–Crippen LogP) is 2.77. The zero-order chi connectivity index (χ0) is 20.6. The fourth-order valence-electron chi connectivity index (χ4n) is 3.35. The predicted molar refractivity (Wildman–Crippen MR) is 107 cm³/mol. The molecule has 2 heterocycles. The highest BCUT2D eigenvalue weighted by Gasteiger charge is 2.30. The molecule has 2 aromatic rings. The van der Waals surface area contributed by atoms with Crippen molar-refractivity contribution in [2.45, 2.75) is 51.0 Å². The third-order valence-corrected chi connectivity index (χ3v) is 4.86. The summed E-state index contributed by atoms with van der Waals surface area (Å²) in [4.78, 5) is 28.1. The van der Waals surface area contributed by atoms with E-state index in [0.29, 0.717) is 23.8 Å². The molecule has 0 spiro atoms. The van der Waals surface area contributed by atoms with E-state index in [-0.39, 0.29) is 30.4 Å². The normalized spacial score (nSPS) is 18.3. The Morgan fingerprint density at radius 2 is 2.17 bits per heavy atom. The second-order valence-corrected chi connectivity index (χ2v) is 7.09. The van der Waals surface area contributed by atoms with Crippen molar-refractivity contribution in [2.75, 3.05) is 19.0 Å². The number of H-pyrrole nitrogens is 1. The zero-order valence-corrected chi connectivity index (χ0v) is 16.7. The minimum absolute atomic E-state index is 0.0978. The van der Waals surface area contributed by atoms with Crippen LogP contribution in [0.1, 0.15) is 49.9 Å². The summed E-state index contributed by atoms with van der Waals surface area (Å²) in [6.45, 7) is 2.61. The van der Waals surface area contributed by atoms with E-state index in [2.05, 4.69) is 25.8 Å². The molecule has 2 unspecified atom stereocenters. The number of nitrogens with zero attached hydrogens (tertiary/aromatic N) is 2. The number of alkyl carbamates (subject to hydrolysis) is 1. The molecule has 9 heteroatoms. The maximum atomic E-state index is 12.2. The molecule has 2 atom stereocenters. The number of ether oxygens (including phenoxy) is 2. The number of methoxy groups -OCH3 is 1. The van der Waals surface area contributed by atoms with Gasteiger partial charge in [0.05, 0.1) is 19.7 Å². The van der Waals surface area contributed by atoms with E-state index >= 15 is 0 Å². The minimum atomic E-state index is -0.359. The number of amides is 2. The van der Waals surface area contributed by atoms with Crippen molar-refractivity contribution < 1.29 is 19.1 Å². The zero-order valence-electron chi connectivity index (χ0n) is 16.7. The Morgan fingerprint density at radius 3 is 2.90 bits per heavy atom. The number of rotatable bonds is 8. The quantitative estimate of drug-likeness (QED) is 0.626. The van der Waals surface area contributed by atoms with E-state index in [1.807, 2.05) is 13.0 Å². The molecule has 0 radical (unpaired) electrons. The fraction of sp³-hybridized carbons (Fsp3) is 0.500. The van der Waals surface area contributed by atoms with Crippen LogP contribution in [0.15, 0.2) is 24.4 Å². The van der Waals surface area contributed by atoms with Crippen molar-refractivity contribution in [2.24, 2.45) is 0 Å². The van der Waals surface area contributed by atoms with Gasteiger partial charge in [-0.3, -0.25) is 14.9 Å². The van der Waals surface area contributed by atoms with Gasteiger partial charge in [-0.1, -0.05) is 6.92 Å². The number of anilines is 1. The number of hydrogen-bond donors (Lipinski definition) is 3. The van der Waals surface area contributed by atoms with Crippen LogP contribution in [0.25, 0.3) is 0 Å². The molecule has 3 N–H and O–H groups in total. The lowest BCUT2D eigenvalue weighted by molar-refractivity contribution is -0.115. The third kappa shape index (κ3) is 5.94. The van der Waals surface area contributed by atoms with Crippen LogP contribution in [-0.4, -0.2) is 46.9 Å². The van der Waals surface area contributed by atoms with Gasteiger partial charge in [0.15, 0.2) is 5.82 Å². The van der Waals surface area contributed by atoms with Gasteiger partial charge in [-0.05, 0) is 37.8 Å². The van der Waals surface area contributed by atoms with Gasteiger partial charge in [0.25, 0.3) is 0 Å². The highest BCUT2D eigenvalue weighted by atomic mass is 16.6. The summed E-state index contributed by atoms with van der Waals surface area (Å²) in [5.74, 6) is 1.15. The smallest absolute Gasteiger partial charge is 0.407 e. The van der Waals surface area contributed by atoms with Crippen molar-refractivity contribution in [3.05, 3.63) is 35.8 Å². The minimum Gasteiger partial charge on any atom is -0.495 e. The molecule has 9 nitrogen and oxygen atoms in total. The van der Waals surface area contributed by atoms with Crippen molar-refractivity contribution in [3.8, 4) is 5.75 Å². The van der Waals surface area contributed by atoms with Gasteiger partial charge in [0, 0.05) is 29.9 Å². The highest BCUT2D eigenvalue weighted by molar-refractivity contribution is 5.91. The van der Waals surface area contributed by atoms with Gasteiger partial charge in [-0.2, -0.15) is 5.10 Å². The molecule has 0 bridgehead atoms. The summed E-state index contributed by atoms with van der Waals surface area (Å²) in [6, 6.07) is 5.36. The first-order valence-corrected chi connectivity index (χ1v) is 9.86. The first-order chi connectivity index (χ1) is 14.1. The van der Waals surface area contributed by atoms with E-state index in [9.17, 15) is 9.59 Å². The van der Waals surface area contributed by atoms with Crippen molar-refractivity contribution in [1.82, 2.24) is 20.5 Å². The highest BCUT2D eigenvalue weighted by Crippen LogP contribution is 2.35. The standard InChI is InChI=1S/C20H27N5O4/c1-3-8-21-20(27)29-15-6-4-13(9-15)17-11-18(25-24-17)23-19(26)10-14-5-7-16(28-2)12-22-14/h5,7,11-13,15H,3-4,6,8-10H2,1-2H3,(H,21,27)(H2,23,24,25,26). The van der Waals surface area contributed by atoms with Gasteiger partial charge in [-0.25, -0.2) is 4.79 Å². The average molecular weight is 401 g/mol. The molecule has 29 heavy (non-hydrogen) atoms. The van der Waals surface area contributed by atoms with Crippen LogP contribution in [0.4, 0.5) is 10.6 Å². The van der Waals surface area contributed by atoms with Crippen LogP contribution in [0.5, 0.6) is 5.75 Å². The molecule has 1 saturated carbocycles. The van der Waals surface area contributed by atoms with Gasteiger partial charge in [0.1, 0.15) is 11.9 Å². The second-order valence-electron chi connectivity index (χ2n) is 7.09. The number of hydrogen-bond acceptors (Lipinski definition) is 6. The van der Waals surface area contributed by atoms with Crippen LogP contribution in [-0.2, 0) is 16.0 Å². The van der Waals surface area contributed by atoms with Gasteiger partial charge < -0.3 is 20.1 Å². The van der Waals surface area contributed by atoms with Crippen LogP contribution in [0, 0.1) is 0 Å². The summed E-state index contributed by atoms with van der Waals surface area (Å²) < 4.78 is 10.5. The average Bonchev–Trinajstić information content (AvgIpc) is 3.36. The van der Waals surface area contributed by atoms with E-state index < -0.39 is 0 Å². The summed E-state index contributed by atoms with van der Waals surface area (Å²) in [6.07, 6.45) is 4.60. The molecule has 1 aliphatic carbocycles. The second kappa shape index (κ2) is 9.90. The Morgan fingerprint density at radius 1 is 1.31 bits per heavy atom. The number of carbonyl (C=O) groups excluding carboxylic acids is 2. The van der Waals surface area contributed by atoms with Crippen LogP contribution in [0.3, 0.4) is 0 Å². The van der Waals surface area contributed by atoms with E-state index in [0.717, 1.165) is 31.4 Å². The first kappa shape index (κ1) is 20.6. The molecule has 2 amide bonds. The molecule has 1 fully saturated rings. The van der Waals surface area contributed by atoms with Gasteiger partial charge in [0.2, 0.25) is 5.91 Å². The topological polar surface area (TPSA) is 118 Å². The molecule has 0 aromatic carbocycles. The van der Waals surface area contributed by atoms with Gasteiger partial charge in [-0.15, -0.1) is 0 Å². The first-order valence-electron chi connectivity index (χ1n) is 9.86. The monoisotopic (exact) mass is 401 g/mol. The molecule has 156 valence electrons. The number of nitrogens with one attached hydrogen (secondary N) is 3. The number of pyridine rings is 1. The third-order valence-electron chi connectivity index (χ3n) is 4.86. The van der Waals surface area contributed by atoms with Crippen LogP contribution in [0.2, 0.25) is 0 Å². The SMILES string of the molecule is CCCNC(=O)OC1CCC(c2cc(NC(=O)Cc3ccc(OC)cn3)n[nH]2)C1. The molecule has 1 aliphatic rings. The lowest BCUT2D eigenvalue weighted by Crippen LogP contribution is -2.28. The number of aromatic amines is 1. The van der Waals surface area contributed by atoms with E-state index in [1.54, 1.807) is 25.4 Å². The molecule has 2 aromatic heterocycles.